The number of hydrogen-bond donors (Lipinski definition) is 2. The van der Waals surface area contributed by atoms with Gasteiger partial charge in [0, 0.05) is 13.1 Å². The van der Waals surface area contributed by atoms with Gasteiger partial charge in [0.2, 0.25) is 0 Å². The van der Waals surface area contributed by atoms with Crippen molar-refractivity contribution in [1.82, 2.24) is 25.4 Å². The zero-order chi connectivity index (χ0) is 13.0. The number of nitrogens with one attached hydrogen (secondary N) is 2. The van der Waals surface area contributed by atoms with Gasteiger partial charge in [-0.15, -0.1) is 0 Å². The predicted molar refractivity (Wildman–Crippen MR) is 75.2 cm³/mol. The summed E-state index contributed by atoms with van der Waals surface area (Å²) in [5.74, 6) is 1.62. The van der Waals surface area contributed by atoms with E-state index in [9.17, 15) is 0 Å². The van der Waals surface area contributed by atoms with Crippen molar-refractivity contribution in [3.05, 3.63) is 11.6 Å². The SMILES string of the molecule is Cc1nc(CN(C)C(=S)NC2CCCCC2)n[nH]1. The Hall–Kier alpha value is -1.17. The molecule has 0 amide bonds. The number of aryl methyl sites for hydroxylation is 1. The molecule has 1 aliphatic rings. The summed E-state index contributed by atoms with van der Waals surface area (Å²) in [6.45, 7) is 2.54. The maximum atomic E-state index is 5.41. The molecule has 0 aromatic carbocycles. The van der Waals surface area contributed by atoms with Crippen LogP contribution >= 0.6 is 12.2 Å². The second kappa shape index (κ2) is 6.13. The molecule has 6 heteroatoms. The third kappa shape index (κ3) is 3.66. The van der Waals surface area contributed by atoms with Gasteiger partial charge in [0.15, 0.2) is 10.9 Å². The number of thiocarbonyl (C=S) groups is 1. The van der Waals surface area contributed by atoms with Crippen LogP contribution in [0, 0.1) is 6.92 Å². The molecular weight excluding hydrogens is 246 g/mol. The molecule has 1 aliphatic carbocycles. The third-order valence-corrected chi connectivity index (χ3v) is 3.73. The average Bonchev–Trinajstić information content (AvgIpc) is 2.76. The van der Waals surface area contributed by atoms with Crippen molar-refractivity contribution in [2.75, 3.05) is 7.05 Å². The van der Waals surface area contributed by atoms with Gasteiger partial charge in [-0.2, -0.15) is 5.10 Å². The van der Waals surface area contributed by atoms with Crippen LogP contribution in [0.2, 0.25) is 0 Å². The summed E-state index contributed by atoms with van der Waals surface area (Å²) in [4.78, 5) is 6.28. The molecular formula is C12H21N5S. The molecule has 5 nitrogen and oxygen atoms in total. The molecule has 2 rings (SSSR count). The molecule has 1 heterocycles. The Bertz CT molecular complexity index is 397. The van der Waals surface area contributed by atoms with Crippen LogP contribution in [0.4, 0.5) is 0 Å². The largest absolute Gasteiger partial charge is 0.360 e. The van der Waals surface area contributed by atoms with Crippen molar-refractivity contribution >= 4 is 17.3 Å². The third-order valence-electron chi connectivity index (χ3n) is 3.30. The van der Waals surface area contributed by atoms with E-state index in [1.807, 2.05) is 18.9 Å². The number of aromatic nitrogens is 3. The molecule has 0 aliphatic heterocycles. The molecule has 1 aromatic heterocycles. The van der Waals surface area contributed by atoms with Crippen molar-refractivity contribution in [2.45, 2.75) is 51.6 Å². The van der Waals surface area contributed by atoms with E-state index in [-0.39, 0.29) is 0 Å². The maximum Gasteiger partial charge on any atom is 0.169 e. The first-order valence-corrected chi connectivity index (χ1v) is 6.95. The highest BCUT2D eigenvalue weighted by Crippen LogP contribution is 2.17. The van der Waals surface area contributed by atoms with Gasteiger partial charge in [-0.25, -0.2) is 4.98 Å². The molecule has 100 valence electrons. The number of H-pyrrole nitrogens is 1. The molecule has 0 unspecified atom stereocenters. The monoisotopic (exact) mass is 267 g/mol. The first-order valence-electron chi connectivity index (χ1n) is 6.54. The van der Waals surface area contributed by atoms with Crippen LogP contribution in [0.15, 0.2) is 0 Å². The minimum absolute atomic E-state index is 0.544. The summed E-state index contributed by atoms with van der Waals surface area (Å²) >= 11 is 5.41. The molecule has 1 fully saturated rings. The second-order valence-corrected chi connectivity index (χ2v) is 5.36. The molecule has 1 aromatic rings. The average molecular weight is 267 g/mol. The lowest BCUT2D eigenvalue weighted by molar-refractivity contribution is 0.390. The standard InChI is InChI=1S/C12H21N5S/c1-9-13-11(16-15-9)8-17(2)12(18)14-10-6-4-3-5-7-10/h10H,3-8H2,1-2H3,(H,14,18)(H,13,15,16). The molecule has 0 saturated heterocycles. The quantitative estimate of drug-likeness (QED) is 0.817. The van der Waals surface area contributed by atoms with Gasteiger partial charge in [-0.1, -0.05) is 19.3 Å². The van der Waals surface area contributed by atoms with Gasteiger partial charge < -0.3 is 10.2 Å². The number of rotatable bonds is 3. The van der Waals surface area contributed by atoms with E-state index in [0.29, 0.717) is 12.6 Å². The Balaban J connectivity index is 1.80. The lowest BCUT2D eigenvalue weighted by atomic mass is 9.96. The van der Waals surface area contributed by atoms with E-state index in [4.69, 9.17) is 12.2 Å². The van der Waals surface area contributed by atoms with Crippen LogP contribution in [0.25, 0.3) is 0 Å². The normalized spacial score (nSPS) is 16.6. The number of nitrogens with zero attached hydrogens (tertiary/aromatic N) is 3. The van der Waals surface area contributed by atoms with Gasteiger partial charge in [-0.05, 0) is 32.0 Å². The summed E-state index contributed by atoms with van der Waals surface area (Å²) in [7, 11) is 1.98. The van der Waals surface area contributed by atoms with Crippen molar-refractivity contribution in [3.63, 3.8) is 0 Å². The van der Waals surface area contributed by atoms with E-state index in [1.165, 1.54) is 32.1 Å². The molecule has 0 atom stereocenters. The first-order chi connectivity index (χ1) is 8.65. The smallest absolute Gasteiger partial charge is 0.169 e. The van der Waals surface area contributed by atoms with Crippen molar-refractivity contribution in [3.8, 4) is 0 Å². The summed E-state index contributed by atoms with van der Waals surface area (Å²) in [5.41, 5.74) is 0. The van der Waals surface area contributed by atoms with Crippen LogP contribution in [0.3, 0.4) is 0 Å². The zero-order valence-corrected chi connectivity index (χ0v) is 11.9. The lowest BCUT2D eigenvalue weighted by Gasteiger charge is -2.27. The summed E-state index contributed by atoms with van der Waals surface area (Å²) in [6.07, 6.45) is 6.44. The molecule has 0 bridgehead atoms. The Labute approximate surface area is 113 Å². The number of aromatic amines is 1. The fourth-order valence-electron chi connectivity index (χ4n) is 2.28. The number of hydrogen-bond acceptors (Lipinski definition) is 3. The van der Waals surface area contributed by atoms with E-state index < -0.39 is 0 Å². The van der Waals surface area contributed by atoms with Crippen LogP contribution in [0.5, 0.6) is 0 Å². The highest BCUT2D eigenvalue weighted by molar-refractivity contribution is 7.80. The fourth-order valence-corrected chi connectivity index (χ4v) is 2.51. The summed E-state index contributed by atoms with van der Waals surface area (Å²) in [5, 5.41) is 11.2. The summed E-state index contributed by atoms with van der Waals surface area (Å²) in [6, 6.07) is 0.544. The van der Waals surface area contributed by atoms with Gasteiger partial charge in [0.25, 0.3) is 0 Å². The molecule has 1 saturated carbocycles. The summed E-state index contributed by atoms with van der Waals surface area (Å²) < 4.78 is 0. The fraction of sp³-hybridized carbons (Fsp3) is 0.750. The molecule has 18 heavy (non-hydrogen) atoms. The maximum absolute atomic E-state index is 5.41. The van der Waals surface area contributed by atoms with Crippen LogP contribution < -0.4 is 5.32 Å². The predicted octanol–water partition coefficient (Wildman–Crippen LogP) is 1.75. The lowest BCUT2D eigenvalue weighted by Crippen LogP contribution is -2.43. The minimum Gasteiger partial charge on any atom is -0.360 e. The topological polar surface area (TPSA) is 56.8 Å². The first kappa shape index (κ1) is 13.3. The Morgan fingerprint density at radius 1 is 1.44 bits per heavy atom. The second-order valence-electron chi connectivity index (χ2n) is 4.98. The molecule has 0 spiro atoms. The van der Waals surface area contributed by atoms with Gasteiger partial charge in [-0.3, -0.25) is 5.10 Å². The Kier molecular flexibility index (Phi) is 4.52. The van der Waals surface area contributed by atoms with E-state index in [2.05, 4.69) is 20.5 Å². The Morgan fingerprint density at radius 2 is 2.17 bits per heavy atom. The zero-order valence-electron chi connectivity index (χ0n) is 11.1. The van der Waals surface area contributed by atoms with Crippen molar-refractivity contribution < 1.29 is 0 Å². The highest BCUT2D eigenvalue weighted by Gasteiger charge is 2.16. The molecule has 0 radical (unpaired) electrons. The van der Waals surface area contributed by atoms with Crippen LogP contribution in [-0.2, 0) is 6.54 Å². The van der Waals surface area contributed by atoms with Crippen LogP contribution in [0.1, 0.15) is 43.8 Å². The van der Waals surface area contributed by atoms with Gasteiger partial charge in [0.05, 0.1) is 6.54 Å². The Morgan fingerprint density at radius 3 is 2.78 bits per heavy atom. The van der Waals surface area contributed by atoms with Crippen LogP contribution in [-0.4, -0.2) is 38.3 Å². The molecule has 2 N–H and O–H groups in total. The van der Waals surface area contributed by atoms with E-state index in [1.54, 1.807) is 0 Å². The van der Waals surface area contributed by atoms with E-state index >= 15 is 0 Å². The van der Waals surface area contributed by atoms with Crippen molar-refractivity contribution in [1.29, 1.82) is 0 Å². The highest BCUT2D eigenvalue weighted by atomic mass is 32.1. The van der Waals surface area contributed by atoms with Gasteiger partial charge in [0.1, 0.15) is 5.82 Å². The minimum atomic E-state index is 0.544. The van der Waals surface area contributed by atoms with Gasteiger partial charge >= 0.3 is 0 Å². The van der Waals surface area contributed by atoms with E-state index in [0.717, 1.165) is 16.8 Å². The van der Waals surface area contributed by atoms with Crippen molar-refractivity contribution in [2.24, 2.45) is 0 Å².